The molecule has 1 aliphatic heterocycles. The molecule has 0 fully saturated rings. The molecule has 178 valence electrons. The molecule has 0 saturated carbocycles. The van der Waals surface area contributed by atoms with E-state index in [0.717, 1.165) is 72.0 Å². The van der Waals surface area contributed by atoms with E-state index in [-0.39, 0.29) is 0 Å². The maximum absolute atomic E-state index is 4.97. The van der Waals surface area contributed by atoms with Crippen LogP contribution < -0.4 is 4.90 Å². The van der Waals surface area contributed by atoms with Crippen LogP contribution in [0.2, 0.25) is 0 Å². The van der Waals surface area contributed by atoms with Crippen LogP contribution in [0.4, 0.5) is 17.1 Å². The summed E-state index contributed by atoms with van der Waals surface area (Å²) >= 11 is 0. The average molecular weight is 487 g/mol. The molecule has 6 aromatic carbocycles. The van der Waals surface area contributed by atoms with Crippen molar-refractivity contribution in [2.75, 3.05) is 4.90 Å². The highest BCUT2D eigenvalue weighted by molar-refractivity contribution is 6.08. The number of nitrogens with zero attached hydrogens (tertiary/aromatic N) is 4. The van der Waals surface area contributed by atoms with Gasteiger partial charge in [0.25, 0.3) is 0 Å². The van der Waals surface area contributed by atoms with Crippen molar-refractivity contribution in [1.29, 1.82) is 0 Å². The molecular weight excluding hydrogens is 464 g/mol. The molecular formula is C34H22N4. The molecule has 4 nitrogen and oxygen atoms in total. The number of anilines is 3. The van der Waals surface area contributed by atoms with Crippen LogP contribution in [0.5, 0.6) is 0 Å². The Morgan fingerprint density at radius 2 is 1.05 bits per heavy atom. The van der Waals surface area contributed by atoms with Crippen LogP contribution in [-0.2, 0) is 0 Å². The van der Waals surface area contributed by atoms with Crippen LogP contribution in [0.25, 0.3) is 43.8 Å². The standard InChI is InChI=1S/C34H22N4/c1-22-24-11-6-8-16-30(24)37(31-17-9-7-12-25(22)31)32-20-21-33(28-15-5-4-14-27(28)32)38-35-29-19-18-23-10-2-3-13-26(23)34(29)36-38/h2-21H,1H2. The quantitative estimate of drug-likeness (QED) is 0.245. The molecule has 1 aromatic heterocycles. The highest BCUT2D eigenvalue weighted by atomic mass is 15.5. The van der Waals surface area contributed by atoms with Crippen LogP contribution in [0.15, 0.2) is 128 Å². The van der Waals surface area contributed by atoms with Gasteiger partial charge in [-0.25, -0.2) is 0 Å². The molecule has 0 amide bonds. The van der Waals surface area contributed by atoms with Gasteiger partial charge in [0, 0.05) is 27.3 Å². The van der Waals surface area contributed by atoms with Crippen LogP contribution in [-0.4, -0.2) is 15.0 Å². The number of para-hydroxylation sites is 2. The summed E-state index contributed by atoms with van der Waals surface area (Å²) in [6, 6.07) is 42.3. The van der Waals surface area contributed by atoms with Crippen LogP contribution in [0.1, 0.15) is 11.1 Å². The Morgan fingerprint density at radius 3 is 1.79 bits per heavy atom. The van der Waals surface area contributed by atoms with E-state index >= 15 is 0 Å². The maximum Gasteiger partial charge on any atom is 0.121 e. The predicted octanol–water partition coefficient (Wildman–Crippen LogP) is 8.57. The molecule has 0 spiro atoms. The number of hydrogen-bond acceptors (Lipinski definition) is 3. The van der Waals surface area contributed by atoms with Gasteiger partial charge in [-0.3, -0.25) is 0 Å². The summed E-state index contributed by atoms with van der Waals surface area (Å²) in [7, 11) is 0. The minimum Gasteiger partial charge on any atom is -0.309 e. The summed E-state index contributed by atoms with van der Waals surface area (Å²) in [6.07, 6.45) is 0. The molecule has 0 atom stereocenters. The first-order valence-electron chi connectivity index (χ1n) is 12.7. The van der Waals surface area contributed by atoms with E-state index in [4.69, 9.17) is 10.2 Å². The van der Waals surface area contributed by atoms with Gasteiger partial charge >= 0.3 is 0 Å². The molecule has 0 aliphatic carbocycles. The van der Waals surface area contributed by atoms with Gasteiger partial charge in [-0.15, -0.1) is 15.0 Å². The van der Waals surface area contributed by atoms with E-state index in [0.29, 0.717) is 0 Å². The van der Waals surface area contributed by atoms with E-state index in [1.54, 1.807) is 4.80 Å². The normalized spacial score (nSPS) is 12.7. The first kappa shape index (κ1) is 20.9. The van der Waals surface area contributed by atoms with Crippen molar-refractivity contribution in [2.45, 2.75) is 0 Å². The Kier molecular flexibility index (Phi) is 4.34. The summed E-state index contributed by atoms with van der Waals surface area (Å²) in [4.78, 5) is 4.13. The van der Waals surface area contributed by atoms with Gasteiger partial charge in [0.2, 0.25) is 0 Å². The molecule has 2 heterocycles. The zero-order valence-corrected chi connectivity index (χ0v) is 20.5. The molecule has 0 radical (unpaired) electrons. The molecule has 7 aromatic rings. The summed E-state index contributed by atoms with van der Waals surface area (Å²) in [5.41, 5.74) is 9.45. The molecule has 0 N–H and O–H groups in total. The fourth-order valence-corrected chi connectivity index (χ4v) is 5.77. The lowest BCUT2D eigenvalue weighted by atomic mass is 9.90. The van der Waals surface area contributed by atoms with E-state index in [1.165, 1.54) is 0 Å². The number of fused-ring (bicyclic) bond motifs is 6. The maximum atomic E-state index is 4.97. The second-order valence-corrected chi connectivity index (χ2v) is 9.64. The second kappa shape index (κ2) is 7.89. The van der Waals surface area contributed by atoms with Crippen molar-refractivity contribution >= 4 is 55.2 Å². The minimum absolute atomic E-state index is 0.884. The third-order valence-electron chi connectivity index (χ3n) is 7.55. The van der Waals surface area contributed by atoms with Crippen LogP contribution in [0.3, 0.4) is 0 Å². The molecule has 1 aliphatic rings. The molecule has 4 heteroatoms. The molecule has 38 heavy (non-hydrogen) atoms. The Labute approximate surface area is 219 Å². The number of hydrogen-bond donors (Lipinski definition) is 0. The van der Waals surface area contributed by atoms with Crippen LogP contribution in [0, 0.1) is 0 Å². The zero-order chi connectivity index (χ0) is 25.2. The fraction of sp³-hybridized carbons (Fsp3) is 0. The van der Waals surface area contributed by atoms with E-state index in [9.17, 15) is 0 Å². The molecule has 0 unspecified atom stereocenters. The van der Waals surface area contributed by atoms with Gasteiger partial charge in [-0.1, -0.05) is 97.6 Å². The van der Waals surface area contributed by atoms with E-state index in [2.05, 4.69) is 121 Å². The summed E-state index contributed by atoms with van der Waals surface area (Å²) in [5.74, 6) is 0. The average Bonchev–Trinajstić information content (AvgIpc) is 3.42. The van der Waals surface area contributed by atoms with Crippen molar-refractivity contribution in [1.82, 2.24) is 15.0 Å². The Hall–Kier alpha value is -5.22. The highest BCUT2D eigenvalue weighted by Gasteiger charge is 2.27. The van der Waals surface area contributed by atoms with E-state index in [1.807, 2.05) is 12.1 Å². The number of rotatable bonds is 2. The monoisotopic (exact) mass is 486 g/mol. The number of aromatic nitrogens is 3. The zero-order valence-electron chi connectivity index (χ0n) is 20.5. The molecule has 0 saturated heterocycles. The van der Waals surface area contributed by atoms with Crippen molar-refractivity contribution in [3.8, 4) is 5.69 Å². The SMILES string of the molecule is C=C1c2ccccc2N(c2ccc(-n3nc4ccc5ccccc5c4n3)c3ccccc23)c2ccccc21. The van der Waals surface area contributed by atoms with E-state index < -0.39 is 0 Å². The van der Waals surface area contributed by atoms with Gasteiger partial charge in [0.1, 0.15) is 11.0 Å². The molecule has 0 bridgehead atoms. The first-order chi connectivity index (χ1) is 18.8. The highest BCUT2D eigenvalue weighted by Crippen LogP contribution is 2.49. The van der Waals surface area contributed by atoms with Crippen molar-refractivity contribution in [2.24, 2.45) is 0 Å². The lowest BCUT2D eigenvalue weighted by Gasteiger charge is -2.35. The fourth-order valence-electron chi connectivity index (χ4n) is 5.77. The van der Waals surface area contributed by atoms with Crippen molar-refractivity contribution in [3.63, 3.8) is 0 Å². The van der Waals surface area contributed by atoms with Crippen molar-refractivity contribution in [3.05, 3.63) is 139 Å². The van der Waals surface area contributed by atoms with Gasteiger partial charge < -0.3 is 4.90 Å². The smallest absolute Gasteiger partial charge is 0.121 e. The van der Waals surface area contributed by atoms with Gasteiger partial charge in [-0.2, -0.15) is 0 Å². The summed E-state index contributed by atoms with van der Waals surface area (Å²) in [5, 5.41) is 14.4. The molecule has 8 rings (SSSR count). The third kappa shape index (κ3) is 2.91. The lowest BCUT2D eigenvalue weighted by molar-refractivity contribution is 0.772. The summed E-state index contributed by atoms with van der Waals surface area (Å²) < 4.78 is 0. The lowest BCUT2D eigenvalue weighted by Crippen LogP contribution is -2.18. The number of benzene rings is 6. The Bertz CT molecular complexity index is 2020. The topological polar surface area (TPSA) is 34.0 Å². The van der Waals surface area contributed by atoms with Gasteiger partial charge in [0.15, 0.2) is 0 Å². The predicted molar refractivity (Wildman–Crippen MR) is 157 cm³/mol. The Balaban J connectivity index is 1.38. The van der Waals surface area contributed by atoms with Gasteiger partial charge in [-0.05, 0) is 41.3 Å². The second-order valence-electron chi connectivity index (χ2n) is 9.64. The minimum atomic E-state index is 0.884. The van der Waals surface area contributed by atoms with Crippen LogP contribution >= 0.6 is 0 Å². The van der Waals surface area contributed by atoms with Gasteiger partial charge in [0.05, 0.1) is 22.7 Å². The first-order valence-corrected chi connectivity index (χ1v) is 12.7. The third-order valence-corrected chi connectivity index (χ3v) is 7.55. The largest absolute Gasteiger partial charge is 0.309 e. The summed E-state index contributed by atoms with van der Waals surface area (Å²) in [6.45, 7) is 4.44. The van der Waals surface area contributed by atoms with Crippen molar-refractivity contribution < 1.29 is 0 Å². The Morgan fingerprint density at radius 1 is 0.474 bits per heavy atom.